The second kappa shape index (κ2) is 8.34. The van der Waals surface area contributed by atoms with Gasteiger partial charge in [0.15, 0.2) is 0 Å². The van der Waals surface area contributed by atoms with Crippen LogP contribution in [0.15, 0.2) is 24.3 Å². The van der Waals surface area contributed by atoms with E-state index < -0.39 is 0 Å². The van der Waals surface area contributed by atoms with Crippen molar-refractivity contribution in [2.45, 2.75) is 57.9 Å². The quantitative estimate of drug-likeness (QED) is 0.724. The first-order chi connectivity index (χ1) is 11.1. The van der Waals surface area contributed by atoms with Gasteiger partial charge in [0.25, 0.3) is 0 Å². The molecule has 2 N–H and O–H groups in total. The number of hydrogen-bond donors (Lipinski definition) is 2. The highest BCUT2D eigenvalue weighted by atomic mass is 16.5. The summed E-state index contributed by atoms with van der Waals surface area (Å²) in [6.07, 6.45) is 6.49. The Labute approximate surface area is 139 Å². The number of amides is 1. The predicted octanol–water partition coefficient (Wildman–Crippen LogP) is 3.08. The zero-order valence-corrected chi connectivity index (χ0v) is 14.3. The van der Waals surface area contributed by atoms with Crippen molar-refractivity contribution in [2.75, 3.05) is 13.7 Å². The van der Waals surface area contributed by atoms with Crippen molar-refractivity contribution in [3.8, 4) is 5.75 Å². The summed E-state index contributed by atoms with van der Waals surface area (Å²) in [7, 11) is 1.67. The molecule has 1 aliphatic rings. The molecule has 1 aliphatic carbocycles. The van der Waals surface area contributed by atoms with Gasteiger partial charge in [0, 0.05) is 17.9 Å². The highest BCUT2D eigenvalue weighted by molar-refractivity contribution is 5.76. The number of unbranched alkanes of at least 4 members (excludes halogenated alkanes) is 1. The number of nitrogens with one attached hydrogen (secondary N) is 1. The lowest BCUT2D eigenvalue weighted by Crippen LogP contribution is -2.44. The van der Waals surface area contributed by atoms with Crippen LogP contribution < -0.4 is 10.1 Å². The van der Waals surface area contributed by atoms with Crippen molar-refractivity contribution in [3.05, 3.63) is 29.8 Å². The molecule has 0 aliphatic heterocycles. The van der Waals surface area contributed by atoms with Gasteiger partial charge in [-0.15, -0.1) is 0 Å². The fourth-order valence-corrected chi connectivity index (χ4v) is 3.34. The number of hydrogen-bond acceptors (Lipinski definition) is 3. The molecule has 0 spiro atoms. The lowest BCUT2D eigenvalue weighted by molar-refractivity contribution is -0.122. The molecule has 1 aromatic rings. The molecule has 0 bridgehead atoms. The van der Waals surface area contributed by atoms with Gasteiger partial charge in [-0.1, -0.05) is 25.5 Å². The first-order valence-electron chi connectivity index (χ1n) is 8.60. The Balaban J connectivity index is 1.66. The molecule has 2 unspecified atom stereocenters. The third kappa shape index (κ3) is 4.96. The third-order valence-electron chi connectivity index (χ3n) is 5.06. The molecule has 128 valence electrons. The molecule has 1 saturated carbocycles. The number of rotatable bonds is 8. The van der Waals surface area contributed by atoms with Gasteiger partial charge in [-0.2, -0.15) is 0 Å². The second-order valence-electron chi connectivity index (χ2n) is 6.88. The van der Waals surface area contributed by atoms with Crippen LogP contribution >= 0.6 is 0 Å². The van der Waals surface area contributed by atoms with Gasteiger partial charge >= 0.3 is 0 Å². The maximum absolute atomic E-state index is 12.1. The molecule has 1 amide bonds. The molecule has 0 heterocycles. The lowest BCUT2D eigenvalue weighted by atomic mass is 9.85. The average Bonchev–Trinajstić information content (AvgIpc) is 2.93. The predicted molar refractivity (Wildman–Crippen MR) is 91.5 cm³/mol. The molecule has 0 aromatic heterocycles. The minimum absolute atomic E-state index is 0.117. The Morgan fingerprint density at radius 1 is 1.35 bits per heavy atom. The van der Waals surface area contributed by atoms with Gasteiger partial charge in [0.05, 0.1) is 13.7 Å². The molecule has 2 atom stereocenters. The van der Waals surface area contributed by atoms with Gasteiger partial charge < -0.3 is 15.2 Å². The Bertz CT molecular complexity index is 500. The average molecular weight is 319 g/mol. The van der Waals surface area contributed by atoms with Crippen LogP contribution in [0.1, 0.15) is 51.0 Å². The van der Waals surface area contributed by atoms with E-state index in [9.17, 15) is 9.90 Å². The molecular weight excluding hydrogens is 290 g/mol. The first kappa shape index (κ1) is 17.8. The van der Waals surface area contributed by atoms with E-state index in [4.69, 9.17) is 4.74 Å². The van der Waals surface area contributed by atoms with Crippen LogP contribution in [0.5, 0.6) is 5.75 Å². The second-order valence-corrected chi connectivity index (χ2v) is 6.88. The Kier molecular flexibility index (Phi) is 6.46. The van der Waals surface area contributed by atoms with E-state index in [-0.39, 0.29) is 24.0 Å². The van der Waals surface area contributed by atoms with E-state index in [2.05, 4.69) is 24.4 Å². The summed E-state index contributed by atoms with van der Waals surface area (Å²) < 4.78 is 5.14. The summed E-state index contributed by atoms with van der Waals surface area (Å²) in [6.45, 7) is 2.21. The summed E-state index contributed by atoms with van der Waals surface area (Å²) in [4.78, 5) is 12.1. The number of carbonyl (C=O) groups is 1. The normalized spacial score (nSPS) is 23.7. The molecule has 2 rings (SSSR count). The molecule has 0 saturated heterocycles. The maximum Gasteiger partial charge on any atom is 0.220 e. The van der Waals surface area contributed by atoms with Crippen LogP contribution in [0.2, 0.25) is 0 Å². The summed E-state index contributed by atoms with van der Waals surface area (Å²) in [5, 5.41) is 12.6. The smallest absolute Gasteiger partial charge is 0.220 e. The van der Waals surface area contributed by atoms with Crippen LogP contribution in [0.4, 0.5) is 0 Å². The summed E-state index contributed by atoms with van der Waals surface area (Å²) in [5.74, 6) is 0.989. The fraction of sp³-hybridized carbons (Fsp3) is 0.632. The van der Waals surface area contributed by atoms with Crippen molar-refractivity contribution in [1.82, 2.24) is 5.32 Å². The Hall–Kier alpha value is -1.55. The number of ether oxygens (including phenoxy) is 1. The highest BCUT2D eigenvalue weighted by Crippen LogP contribution is 2.37. The van der Waals surface area contributed by atoms with Gasteiger partial charge in [0.2, 0.25) is 5.91 Å². The fourth-order valence-electron chi connectivity index (χ4n) is 3.34. The SMILES string of the molecule is COc1ccc(CCCCC(=O)NC2CCCC2(C)CO)cc1. The van der Waals surface area contributed by atoms with Crippen LogP contribution in [0.25, 0.3) is 0 Å². The lowest BCUT2D eigenvalue weighted by Gasteiger charge is -2.30. The van der Waals surface area contributed by atoms with Crippen LogP contribution in [-0.4, -0.2) is 30.8 Å². The maximum atomic E-state index is 12.1. The standard InChI is InChI=1S/C19H29NO3/c1-19(14-21)13-5-7-17(19)20-18(22)8-4-3-6-15-9-11-16(23-2)12-10-15/h9-12,17,21H,3-8,13-14H2,1-2H3,(H,20,22). The van der Waals surface area contributed by atoms with Crippen molar-refractivity contribution in [2.24, 2.45) is 5.41 Å². The molecule has 0 radical (unpaired) electrons. The monoisotopic (exact) mass is 319 g/mol. The summed E-state index contributed by atoms with van der Waals surface area (Å²) in [6, 6.07) is 8.21. The largest absolute Gasteiger partial charge is 0.497 e. The summed E-state index contributed by atoms with van der Waals surface area (Å²) >= 11 is 0. The van der Waals surface area contributed by atoms with Crippen LogP contribution in [-0.2, 0) is 11.2 Å². The van der Waals surface area contributed by atoms with E-state index in [1.165, 1.54) is 5.56 Å². The van der Waals surface area contributed by atoms with Crippen molar-refractivity contribution >= 4 is 5.91 Å². The van der Waals surface area contributed by atoms with Crippen LogP contribution in [0.3, 0.4) is 0 Å². The van der Waals surface area contributed by atoms with Gasteiger partial charge in [-0.3, -0.25) is 4.79 Å². The van der Waals surface area contributed by atoms with E-state index >= 15 is 0 Å². The minimum atomic E-state index is -0.140. The van der Waals surface area contributed by atoms with E-state index in [0.29, 0.717) is 6.42 Å². The van der Waals surface area contributed by atoms with E-state index in [1.807, 2.05) is 12.1 Å². The number of benzene rings is 1. The van der Waals surface area contributed by atoms with E-state index in [1.54, 1.807) is 7.11 Å². The number of aliphatic hydroxyl groups is 1. The van der Waals surface area contributed by atoms with Crippen LogP contribution in [0, 0.1) is 5.41 Å². The van der Waals surface area contributed by atoms with Crippen molar-refractivity contribution in [3.63, 3.8) is 0 Å². The molecule has 4 nitrogen and oxygen atoms in total. The molecular formula is C19H29NO3. The zero-order chi connectivity index (χ0) is 16.7. The van der Waals surface area contributed by atoms with Gasteiger partial charge in [0.1, 0.15) is 5.75 Å². The molecule has 23 heavy (non-hydrogen) atoms. The van der Waals surface area contributed by atoms with Crippen molar-refractivity contribution < 1.29 is 14.6 Å². The van der Waals surface area contributed by atoms with E-state index in [0.717, 1.165) is 44.3 Å². The Morgan fingerprint density at radius 3 is 2.74 bits per heavy atom. The third-order valence-corrected chi connectivity index (χ3v) is 5.06. The molecule has 4 heteroatoms. The first-order valence-corrected chi connectivity index (χ1v) is 8.60. The summed E-state index contributed by atoms with van der Waals surface area (Å²) in [5.41, 5.74) is 1.13. The number of methoxy groups -OCH3 is 1. The Morgan fingerprint density at radius 2 is 2.09 bits per heavy atom. The zero-order valence-electron chi connectivity index (χ0n) is 14.3. The molecule has 1 fully saturated rings. The van der Waals surface area contributed by atoms with Gasteiger partial charge in [-0.25, -0.2) is 0 Å². The van der Waals surface area contributed by atoms with Crippen molar-refractivity contribution in [1.29, 1.82) is 0 Å². The number of carbonyl (C=O) groups excluding carboxylic acids is 1. The molecule has 1 aromatic carbocycles. The minimum Gasteiger partial charge on any atom is -0.497 e. The highest BCUT2D eigenvalue weighted by Gasteiger charge is 2.38. The number of aliphatic hydroxyl groups excluding tert-OH is 1. The number of aryl methyl sites for hydroxylation is 1. The topological polar surface area (TPSA) is 58.6 Å². The van der Waals surface area contributed by atoms with Gasteiger partial charge in [-0.05, 0) is 49.8 Å².